The second-order valence-electron chi connectivity index (χ2n) is 7.17. The van der Waals surface area contributed by atoms with E-state index in [0.29, 0.717) is 13.1 Å². The summed E-state index contributed by atoms with van der Waals surface area (Å²) in [7, 11) is 1.68. The molecule has 5 rings (SSSR count). The van der Waals surface area contributed by atoms with E-state index < -0.39 is 0 Å². The molecule has 0 saturated carbocycles. The number of anilines is 1. The molecule has 0 aliphatic carbocycles. The minimum atomic E-state index is 0.101. The third-order valence-corrected chi connectivity index (χ3v) is 6.50. The molecule has 5 nitrogen and oxygen atoms in total. The number of benzene rings is 3. The number of methoxy groups -OCH3 is 1. The first-order chi connectivity index (χ1) is 14.2. The molecular formula is C23H21N3O2S. The van der Waals surface area contributed by atoms with E-state index in [2.05, 4.69) is 11.0 Å². The quantitative estimate of drug-likeness (QED) is 0.508. The van der Waals surface area contributed by atoms with Gasteiger partial charge in [0.25, 0.3) is 5.91 Å². The van der Waals surface area contributed by atoms with Crippen LogP contribution in [0.15, 0.2) is 60.7 Å². The Morgan fingerprint density at radius 1 is 0.966 bits per heavy atom. The van der Waals surface area contributed by atoms with Gasteiger partial charge in [0.15, 0.2) is 5.13 Å². The Bertz CT molecular complexity index is 1200. The first-order valence-electron chi connectivity index (χ1n) is 9.69. The number of hydrogen-bond acceptors (Lipinski definition) is 5. The standard InChI is InChI=1S/C23H21N3O2S/c1-28-19-8-9-20-21(15-19)29-23(24-20)26-12-10-25(11-13-26)22(27)18-7-6-16-4-2-3-5-17(16)14-18/h2-9,14-15H,10-13H2,1H3. The van der Waals surface area contributed by atoms with E-state index in [0.717, 1.165) is 50.5 Å². The summed E-state index contributed by atoms with van der Waals surface area (Å²) < 4.78 is 6.43. The molecule has 1 fully saturated rings. The molecule has 0 N–H and O–H groups in total. The molecule has 1 aliphatic rings. The van der Waals surface area contributed by atoms with Crippen molar-refractivity contribution >= 4 is 43.4 Å². The smallest absolute Gasteiger partial charge is 0.253 e. The van der Waals surface area contributed by atoms with Gasteiger partial charge in [-0.05, 0) is 41.1 Å². The minimum Gasteiger partial charge on any atom is -0.497 e. The monoisotopic (exact) mass is 403 g/mol. The average molecular weight is 404 g/mol. The van der Waals surface area contributed by atoms with Gasteiger partial charge in [0.05, 0.1) is 17.3 Å². The number of aromatic nitrogens is 1. The van der Waals surface area contributed by atoms with Crippen LogP contribution in [-0.2, 0) is 0 Å². The van der Waals surface area contributed by atoms with Crippen molar-refractivity contribution in [1.29, 1.82) is 0 Å². The van der Waals surface area contributed by atoms with Crippen molar-refractivity contribution in [1.82, 2.24) is 9.88 Å². The van der Waals surface area contributed by atoms with Crippen molar-refractivity contribution in [2.75, 3.05) is 38.2 Å². The summed E-state index contributed by atoms with van der Waals surface area (Å²) in [5, 5.41) is 3.26. The van der Waals surface area contributed by atoms with Crippen molar-refractivity contribution < 1.29 is 9.53 Å². The Morgan fingerprint density at radius 2 is 1.76 bits per heavy atom. The van der Waals surface area contributed by atoms with Crippen LogP contribution in [0.2, 0.25) is 0 Å². The molecule has 0 atom stereocenters. The van der Waals surface area contributed by atoms with Gasteiger partial charge in [-0.15, -0.1) is 0 Å². The molecule has 2 heterocycles. The number of ether oxygens (including phenoxy) is 1. The highest BCUT2D eigenvalue weighted by molar-refractivity contribution is 7.22. The van der Waals surface area contributed by atoms with Gasteiger partial charge in [-0.1, -0.05) is 41.7 Å². The predicted molar refractivity (Wildman–Crippen MR) is 118 cm³/mol. The van der Waals surface area contributed by atoms with E-state index >= 15 is 0 Å². The van der Waals surface area contributed by atoms with Gasteiger partial charge in [-0.3, -0.25) is 4.79 Å². The summed E-state index contributed by atoms with van der Waals surface area (Å²) in [6.45, 7) is 2.97. The highest BCUT2D eigenvalue weighted by atomic mass is 32.1. The number of nitrogens with zero attached hydrogens (tertiary/aromatic N) is 3. The van der Waals surface area contributed by atoms with Crippen LogP contribution < -0.4 is 9.64 Å². The first-order valence-corrected chi connectivity index (χ1v) is 10.5. The molecule has 29 heavy (non-hydrogen) atoms. The lowest BCUT2D eigenvalue weighted by atomic mass is 10.1. The van der Waals surface area contributed by atoms with E-state index in [4.69, 9.17) is 9.72 Å². The molecule has 3 aromatic carbocycles. The lowest BCUT2D eigenvalue weighted by molar-refractivity contribution is 0.0747. The Labute approximate surface area is 173 Å². The molecule has 0 spiro atoms. The highest BCUT2D eigenvalue weighted by Crippen LogP contribution is 2.32. The van der Waals surface area contributed by atoms with Crippen molar-refractivity contribution in [3.63, 3.8) is 0 Å². The Morgan fingerprint density at radius 3 is 2.55 bits per heavy atom. The number of carbonyl (C=O) groups is 1. The van der Waals surface area contributed by atoms with Crippen LogP contribution >= 0.6 is 11.3 Å². The number of rotatable bonds is 3. The van der Waals surface area contributed by atoms with E-state index in [1.54, 1.807) is 18.4 Å². The summed E-state index contributed by atoms with van der Waals surface area (Å²) in [5.74, 6) is 0.947. The van der Waals surface area contributed by atoms with Gasteiger partial charge in [-0.2, -0.15) is 0 Å². The van der Waals surface area contributed by atoms with Gasteiger partial charge >= 0.3 is 0 Å². The predicted octanol–water partition coefficient (Wildman–Crippen LogP) is 4.42. The van der Waals surface area contributed by atoms with E-state index in [-0.39, 0.29) is 5.91 Å². The summed E-state index contributed by atoms with van der Waals surface area (Å²) in [6, 6.07) is 20.0. The number of fused-ring (bicyclic) bond motifs is 2. The third kappa shape index (κ3) is 3.40. The Balaban J connectivity index is 1.30. The average Bonchev–Trinajstić information content (AvgIpc) is 3.21. The lowest BCUT2D eigenvalue weighted by Gasteiger charge is -2.34. The fourth-order valence-electron chi connectivity index (χ4n) is 3.76. The van der Waals surface area contributed by atoms with Crippen LogP contribution in [0.5, 0.6) is 5.75 Å². The van der Waals surface area contributed by atoms with Crippen molar-refractivity contribution in [3.05, 3.63) is 66.2 Å². The SMILES string of the molecule is COc1ccc2nc(N3CCN(C(=O)c4ccc5ccccc5c4)CC3)sc2c1. The maximum atomic E-state index is 13.0. The molecular weight excluding hydrogens is 382 g/mol. The molecule has 1 saturated heterocycles. The third-order valence-electron chi connectivity index (χ3n) is 5.42. The summed E-state index contributed by atoms with van der Waals surface area (Å²) in [4.78, 5) is 21.9. The molecule has 146 valence electrons. The number of hydrogen-bond donors (Lipinski definition) is 0. The van der Waals surface area contributed by atoms with Crippen molar-refractivity contribution in [2.24, 2.45) is 0 Å². The fraction of sp³-hybridized carbons (Fsp3) is 0.217. The largest absolute Gasteiger partial charge is 0.497 e. The zero-order valence-corrected chi connectivity index (χ0v) is 17.0. The summed E-state index contributed by atoms with van der Waals surface area (Å²) >= 11 is 1.67. The fourth-order valence-corrected chi connectivity index (χ4v) is 4.81. The molecule has 6 heteroatoms. The first kappa shape index (κ1) is 17.9. The van der Waals surface area contributed by atoms with Crippen LogP contribution in [0.3, 0.4) is 0 Å². The maximum Gasteiger partial charge on any atom is 0.253 e. The van der Waals surface area contributed by atoms with Crippen LogP contribution in [0.4, 0.5) is 5.13 Å². The van der Waals surface area contributed by atoms with Gasteiger partial charge in [0.1, 0.15) is 5.75 Å². The maximum absolute atomic E-state index is 13.0. The van der Waals surface area contributed by atoms with Crippen molar-refractivity contribution in [3.8, 4) is 5.75 Å². The summed E-state index contributed by atoms with van der Waals surface area (Å²) in [6.07, 6.45) is 0. The zero-order valence-electron chi connectivity index (χ0n) is 16.2. The number of thiazole rings is 1. The van der Waals surface area contributed by atoms with Gasteiger partial charge in [-0.25, -0.2) is 4.98 Å². The van der Waals surface area contributed by atoms with E-state index in [9.17, 15) is 4.79 Å². The van der Waals surface area contributed by atoms with Gasteiger partial charge < -0.3 is 14.5 Å². The highest BCUT2D eigenvalue weighted by Gasteiger charge is 2.24. The number of amides is 1. The molecule has 1 aromatic heterocycles. The lowest BCUT2D eigenvalue weighted by Crippen LogP contribution is -2.48. The van der Waals surface area contributed by atoms with Gasteiger partial charge in [0, 0.05) is 31.7 Å². The topological polar surface area (TPSA) is 45.7 Å². The van der Waals surface area contributed by atoms with Crippen LogP contribution in [0.1, 0.15) is 10.4 Å². The molecule has 0 unspecified atom stereocenters. The Kier molecular flexibility index (Phi) is 4.56. The second kappa shape index (κ2) is 7.37. The molecule has 1 amide bonds. The van der Waals surface area contributed by atoms with Crippen LogP contribution in [-0.4, -0.2) is 49.1 Å². The molecule has 4 aromatic rings. The van der Waals surface area contributed by atoms with Crippen LogP contribution in [0.25, 0.3) is 21.0 Å². The zero-order chi connectivity index (χ0) is 19.8. The van der Waals surface area contributed by atoms with E-state index in [1.807, 2.05) is 59.5 Å². The number of carbonyl (C=O) groups excluding carboxylic acids is 1. The Hall–Kier alpha value is -3.12. The number of piperazine rings is 1. The van der Waals surface area contributed by atoms with Crippen molar-refractivity contribution in [2.45, 2.75) is 0 Å². The minimum absolute atomic E-state index is 0.101. The van der Waals surface area contributed by atoms with Crippen LogP contribution in [0, 0.1) is 0 Å². The van der Waals surface area contributed by atoms with Gasteiger partial charge in [0.2, 0.25) is 0 Å². The summed E-state index contributed by atoms with van der Waals surface area (Å²) in [5.41, 5.74) is 1.74. The van der Waals surface area contributed by atoms with E-state index in [1.165, 1.54) is 0 Å². The molecule has 0 bridgehead atoms. The normalized spacial score (nSPS) is 14.5. The molecule has 0 radical (unpaired) electrons. The second-order valence-corrected chi connectivity index (χ2v) is 8.18. The molecule has 1 aliphatic heterocycles.